The Balaban J connectivity index is 0. The Morgan fingerprint density at radius 2 is 1.53 bits per heavy atom. The summed E-state index contributed by atoms with van der Waals surface area (Å²) < 4.78 is 0. The number of ketones is 1. The largest absolute Gasteiger partial charge is 0.389 e. The molecule has 2 heteroatoms. The normalized spacial score (nSPS) is 23.1. The van der Waals surface area contributed by atoms with Crippen molar-refractivity contribution in [2.24, 2.45) is 17.8 Å². The van der Waals surface area contributed by atoms with Gasteiger partial charge in [0.15, 0.2) is 5.78 Å². The van der Waals surface area contributed by atoms with E-state index in [9.17, 15) is 4.79 Å². The molecule has 1 aliphatic carbocycles. The number of rotatable bonds is 2. The van der Waals surface area contributed by atoms with Crippen molar-refractivity contribution in [2.45, 2.75) is 67.2 Å². The van der Waals surface area contributed by atoms with E-state index in [1.54, 1.807) is 0 Å². The number of aliphatic hydroxyl groups excluding tert-OH is 1. The SMILES string of the molecule is CC.CC(=O)CO.CC1CCC(C(C)C)CC1. The fraction of sp³-hybridized carbons (Fsp3) is 0.933. The molecule has 2 nitrogen and oxygen atoms in total. The molecule has 0 heterocycles. The number of Topliss-reactive ketones (excluding diaryl/α,β-unsaturated/α-hetero) is 1. The van der Waals surface area contributed by atoms with E-state index in [-0.39, 0.29) is 12.4 Å². The summed E-state index contributed by atoms with van der Waals surface area (Å²) in [5, 5.41) is 7.79. The molecule has 1 fully saturated rings. The van der Waals surface area contributed by atoms with Crippen LogP contribution >= 0.6 is 0 Å². The molecular weight excluding hydrogens is 212 g/mol. The molecule has 1 N–H and O–H groups in total. The molecule has 0 aromatic carbocycles. The maximum atomic E-state index is 9.56. The molecule has 0 amide bonds. The average molecular weight is 244 g/mol. The van der Waals surface area contributed by atoms with Gasteiger partial charge in [-0.25, -0.2) is 0 Å². The third-order valence-corrected chi connectivity index (χ3v) is 3.23. The quantitative estimate of drug-likeness (QED) is 0.795. The van der Waals surface area contributed by atoms with E-state index < -0.39 is 0 Å². The molecule has 104 valence electrons. The van der Waals surface area contributed by atoms with Crippen molar-refractivity contribution in [3.05, 3.63) is 0 Å². The minimum absolute atomic E-state index is 0.190. The molecule has 0 aliphatic heterocycles. The van der Waals surface area contributed by atoms with E-state index in [1.165, 1.54) is 32.6 Å². The third-order valence-electron chi connectivity index (χ3n) is 3.23. The summed E-state index contributed by atoms with van der Waals surface area (Å²) in [4.78, 5) is 9.56. The molecular formula is C15H32O2. The van der Waals surface area contributed by atoms with Gasteiger partial charge >= 0.3 is 0 Å². The van der Waals surface area contributed by atoms with Crippen molar-refractivity contribution in [1.82, 2.24) is 0 Å². The van der Waals surface area contributed by atoms with E-state index >= 15 is 0 Å². The summed E-state index contributed by atoms with van der Waals surface area (Å²) in [7, 11) is 0. The summed E-state index contributed by atoms with van der Waals surface area (Å²) in [5.41, 5.74) is 0. The van der Waals surface area contributed by atoms with Crippen LogP contribution in [0.25, 0.3) is 0 Å². The Morgan fingerprint density at radius 3 is 1.76 bits per heavy atom. The minimum Gasteiger partial charge on any atom is -0.389 e. The Labute approximate surface area is 108 Å². The molecule has 0 bridgehead atoms. The van der Waals surface area contributed by atoms with Gasteiger partial charge < -0.3 is 5.11 Å². The lowest BCUT2D eigenvalue weighted by Gasteiger charge is -2.28. The van der Waals surface area contributed by atoms with Gasteiger partial charge in [-0.3, -0.25) is 4.79 Å². The van der Waals surface area contributed by atoms with Crippen molar-refractivity contribution in [3.8, 4) is 0 Å². The van der Waals surface area contributed by atoms with Crippen LogP contribution in [0.1, 0.15) is 67.2 Å². The lowest BCUT2D eigenvalue weighted by molar-refractivity contribution is -0.119. The van der Waals surface area contributed by atoms with Crippen LogP contribution in [0, 0.1) is 17.8 Å². The van der Waals surface area contributed by atoms with Crippen molar-refractivity contribution in [3.63, 3.8) is 0 Å². The summed E-state index contributed by atoms with van der Waals surface area (Å²) in [6, 6.07) is 0. The second-order valence-electron chi connectivity index (χ2n) is 5.12. The van der Waals surface area contributed by atoms with Gasteiger partial charge in [0.1, 0.15) is 6.61 Å². The van der Waals surface area contributed by atoms with Crippen LogP contribution < -0.4 is 0 Å². The smallest absolute Gasteiger partial charge is 0.155 e. The van der Waals surface area contributed by atoms with Crippen LogP contribution in [0.15, 0.2) is 0 Å². The Kier molecular flexibility index (Phi) is 13.5. The number of carbonyl (C=O) groups excluding carboxylic acids is 1. The highest BCUT2D eigenvalue weighted by Gasteiger charge is 2.19. The van der Waals surface area contributed by atoms with Crippen LogP contribution in [-0.4, -0.2) is 17.5 Å². The maximum Gasteiger partial charge on any atom is 0.155 e. The lowest BCUT2D eigenvalue weighted by Crippen LogP contribution is -2.16. The minimum atomic E-state index is -0.333. The second-order valence-corrected chi connectivity index (χ2v) is 5.12. The maximum absolute atomic E-state index is 9.56. The van der Waals surface area contributed by atoms with Crippen molar-refractivity contribution in [2.75, 3.05) is 6.61 Å². The van der Waals surface area contributed by atoms with Gasteiger partial charge in [-0.15, -0.1) is 0 Å². The van der Waals surface area contributed by atoms with E-state index in [2.05, 4.69) is 20.8 Å². The van der Waals surface area contributed by atoms with E-state index in [0.717, 1.165) is 17.8 Å². The summed E-state index contributed by atoms with van der Waals surface area (Å²) in [6.07, 6.45) is 5.92. The van der Waals surface area contributed by atoms with Crippen LogP contribution in [0.2, 0.25) is 0 Å². The van der Waals surface area contributed by atoms with Gasteiger partial charge in [0.05, 0.1) is 0 Å². The first-order valence-electron chi connectivity index (χ1n) is 7.07. The summed E-state index contributed by atoms with van der Waals surface area (Å²) >= 11 is 0. The zero-order valence-electron chi connectivity index (χ0n) is 12.6. The predicted octanol–water partition coefficient (Wildman–Crippen LogP) is 4.06. The molecule has 0 aromatic heterocycles. The highest BCUT2D eigenvalue weighted by Crippen LogP contribution is 2.32. The fourth-order valence-electron chi connectivity index (χ4n) is 1.95. The van der Waals surface area contributed by atoms with Gasteiger partial charge in [0.2, 0.25) is 0 Å². The molecule has 1 aliphatic rings. The van der Waals surface area contributed by atoms with Crippen LogP contribution in [0.4, 0.5) is 0 Å². The number of hydrogen-bond acceptors (Lipinski definition) is 2. The van der Waals surface area contributed by atoms with Gasteiger partial charge in [-0.1, -0.05) is 47.5 Å². The Bertz CT molecular complexity index is 168. The molecule has 0 spiro atoms. The van der Waals surface area contributed by atoms with E-state index in [0.29, 0.717) is 0 Å². The number of carbonyl (C=O) groups is 1. The summed E-state index contributed by atoms with van der Waals surface area (Å²) in [6.45, 7) is 12.1. The van der Waals surface area contributed by atoms with E-state index in [4.69, 9.17) is 5.11 Å². The van der Waals surface area contributed by atoms with Crippen LogP contribution in [0.3, 0.4) is 0 Å². The predicted molar refractivity (Wildman–Crippen MR) is 75.1 cm³/mol. The first-order valence-corrected chi connectivity index (χ1v) is 7.07. The molecule has 0 radical (unpaired) electrons. The Morgan fingerprint density at radius 1 is 1.18 bits per heavy atom. The molecule has 0 saturated heterocycles. The van der Waals surface area contributed by atoms with Crippen molar-refractivity contribution in [1.29, 1.82) is 0 Å². The van der Waals surface area contributed by atoms with Crippen LogP contribution in [0.5, 0.6) is 0 Å². The molecule has 1 rings (SSSR count). The van der Waals surface area contributed by atoms with E-state index in [1.807, 2.05) is 13.8 Å². The molecule has 0 unspecified atom stereocenters. The van der Waals surface area contributed by atoms with Crippen LogP contribution in [-0.2, 0) is 4.79 Å². The fourth-order valence-corrected chi connectivity index (χ4v) is 1.95. The zero-order valence-corrected chi connectivity index (χ0v) is 12.6. The molecule has 0 atom stereocenters. The van der Waals surface area contributed by atoms with Crippen molar-refractivity contribution >= 4 is 5.78 Å². The Hall–Kier alpha value is -0.370. The lowest BCUT2D eigenvalue weighted by atomic mass is 9.78. The topological polar surface area (TPSA) is 37.3 Å². The standard InChI is InChI=1S/C10H20.C3H6O2.C2H6/c1-8(2)10-6-4-9(3)5-7-10;1-3(5)2-4;1-2/h8-10H,4-7H2,1-3H3;4H,2H2,1H3;1-2H3. The first kappa shape index (κ1) is 19.0. The molecule has 0 aromatic rings. The number of hydrogen-bond donors (Lipinski definition) is 1. The van der Waals surface area contributed by atoms with Gasteiger partial charge in [-0.05, 0) is 37.5 Å². The number of aliphatic hydroxyl groups is 1. The zero-order chi connectivity index (χ0) is 13.8. The highest BCUT2D eigenvalue weighted by atomic mass is 16.3. The monoisotopic (exact) mass is 244 g/mol. The first-order chi connectivity index (χ1) is 7.97. The van der Waals surface area contributed by atoms with Gasteiger partial charge in [0, 0.05) is 0 Å². The summed E-state index contributed by atoms with van der Waals surface area (Å²) in [5.74, 6) is 2.78. The second kappa shape index (κ2) is 12.1. The van der Waals surface area contributed by atoms with Crippen molar-refractivity contribution < 1.29 is 9.90 Å². The van der Waals surface area contributed by atoms with Gasteiger partial charge in [0.25, 0.3) is 0 Å². The molecule has 1 saturated carbocycles. The molecule has 17 heavy (non-hydrogen) atoms. The third kappa shape index (κ3) is 11.9. The van der Waals surface area contributed by atoms with Gasteiger partial charge in [-0.2, -0.15) is 0 Å². The average Bonchev–Trinajstić information content (AvgIpc) is 2.33. The highest BCUT2D eigenvalue weighted by molar-refractivity contribution is 5.76.